The lowest BCUT2D eigenvalue weighted by atomic mass is 10.1. The average molecular weight is 549 g/mol. The number of hydrogen-bond donors (Lipinski definition) is 0. The molecule has 3 aromatic rings. The molecule has 1 aliphatic rings. The van der Waals surface area contributed by atoms with E-state index >= 15 is 0 Å². The monoisotopic (exact) mass is 548 g/mol. The third-order valence-electron chi connectivity index (χ3n) is 7.49. The maximum atomic E-state index is 13.4. The molecule has 0 spiro atoms. The zero-order valence-electron chi connectivity index (χ0n) is 24.4. The molecule has 0 atom stereocenters. The number of ether oxygens (including phenoxy) is 3. The smallest absolute Gasteiger partial charge is 0.338 e. The van der Waals surface area contributed by atoms with Gasteiger partial charge in [0.25, 0.3) is 5.91 Å². The van der Waals surface area contributed by atoms with Crippen LogP contribution in [0.4, 0.5) is 0 Å². The van der Waals surface area contributed by atoms with Gasteiger partial charge in [0.05, 0.1) is 26.3 Å². The standard InChI is InChI=1S/C32H40N2O6/c1-32(2,3)40-31(37)22-11-12-24(28(18-22)38-5)20-34-19-23(14-16-29(35)39-6)26-15-13-21(17-27(26)34)30(36)33(4)25-9-7-8-10-25/h11-13,15,17-19,25H,7-10,14,16,20H2,1-6H3. The maximum absolute atomic E-state index is 13.4. The Morgan fingerprint density at radius 2 is 1.68 bits per heavy atom. The van der Waals surface area contributed by atoms with Crippen molar-refractivity contribution < 1.29 is 28.6 Å². The molecule has 4 rings (SSSR count). The van der Waals surface area contributed by atoms with E-state index in [0.29, 0.717) is 29.8 Å². The largest absolute Gasteiger partial charge is 0.496 e. The van der Waals surface area contributed by atoms with Crippen LogP contribution in [0.5, 0.6) is 5.75 Å². The van der Waals surface area contributed by atoms with E-state index in [2.05, 4.69) is 4.57 Å². The van der Waals surface area contributed by atoms with Crippen LogP contribution in [-0.2, 0) is 27.2 Å². The van der Waals surface area contributed by atoms with Gasteiger partial charge in [-0.3, -0.25) is 9.59 Å². The number of carbonyl (C=O) groups excluding carboxylic acids is 3. The number of benzene rings is 2. The second-order valence-electron chi connectivity index (χ2n) is 11.5. The minimum atomic E-state index is -0.603. The number of methoxy groups -OCH3 is 2. The summed E-state index contributed by atoms with van der Waals surface area (Å²) in [4.78, 5) is 39.8. The van der Waals surface area contributed by atoms with E-state index in [1.54, 1.807) is 19.2 Å². The summed E-state index contributed by atoms with van der Waals surface area (Å²) < 4.78 is 18.1. The Hall–Kier alpha value is -3.81. The summed E-state index contributed by atoms with van der Waals surface area (Å²) in [5.74, 6) is -0.111. The Morgan fingerprint density at radius 1 is 0.975 bits per heavy atom. The zero-order chi connectivity index (χ0) is 29.0. The van der Waals surface area contributed by atoms with Crippen molar-refractivity contribution in [3.05, 3.63) is 64.8 Å². The van der Waals surface area contributed by atoms with Gasteiger partial charge in [0.2, 0.25) is 0 Å². The lowest BCUT2D eigenvalue weighted by molar-refractivity contribution is -0.140. The Labute approximate surface area is 236 Å². The second-order valence-corrected chi connectivity index (χ2v) is 11.5. The topological polar surface area (TPSA) is 87.1 Å². The number of amides is 1. The predicted molar refractivity (Wildman–Crippen MR) is 154 cm³/mol. The highest BCUT2D eigenvalue weighted by Gasteiger charge is 2.25. The van der Waals surface area contributed by atoms with Crippen molar-refractivity contribution in [3.8, 4) is 5.75 Å². The normalized spacial score (nSPS) is 13.8. The molecule has 40 heavy (non-hydrogen) atoms. The van der Waals surface area contributed by atoms with E-state index in [1.165, 1.54) is 7.11 Å². The summed E-state index contributed by atoms with van der Waals surface area (Å²) in [6.45, 7) is 5.94. The molecule has 1 aliphatic carbocycles. The summed E-state index contributed by atoms with van der Waals surface area (Å²) in [5.41, 5.74) is 3.19. The first-order chi connectivity index (χ1) is 19.0. The van der Waals surface area contributed by atoms with Crippen LogP contribution in [0, 0.1) is 0 Å². The Morgan fingerprint density at radius 3 is 2.33 bits per heavy atom. The molecule has 1 amide bonds. The fourth-order valence-electron chi connectivity index (χ4n) is 5.35. The van der Waals surface area contributed by atoms with Gasteiger partial charge in [0, 0.05) is 47.7 Å². The highest BCUT2D eigenvalue weighted by molar-refractivity contribution is 5.99. The van der Waals surface area contributed by atoms with E-state index in [9.17, 15) is 14.4 Å². The highest BCUT2D eigenvalue weighted by atomic mass is 16.6. The Bertz CT molecular complexity index is 1390. The van der Waals surface area contributed by atoms with Crippen LogP contribution in [0.3, 0.4) is 0 Å². The number of rotatable bonds is 9. The second kappa shape index (κ2) is 12.1. The van der Waals surface area contributed by atoms with Crippen molar-refractivity contribution >= 4 is 28.7 Å². The summed E-state index contributed by atoms with van der Waals surface area (Å²) >= 11 is 0. The van der Waals surface area contributed by atoms with E-state index in [4.69, 9.17) is 14.2 Å². The van der Waals surface area contributed by atoms with Gasteiger partial charge in [-0.2, -0.15) is 0 Å². The molecule has 0 unspecified atom stereocenters. The van der Waals surface area contributed by atoms with Gasteiger partial charge in [0.1, 0.15) is 11.4 Å². The van der Waals surface area contributed by atoms with Crippen molar-refractivity contribution in [1.82, 2.24) is 9.47 Å². The van der Waals surface area contributed by atoms with Crippen LogP contribution < -0.4 is 4.74 Å². The maximum Gasteiger partial charge on any atom is 0.338 e. The lowest BCUT2D eigenvalue weighted by Crippen LogP contribution is -2.35. The van der Waals surface area contributed by atoms with Crippen molar-refractivity contribution in [2.45, 2.75) is 77.5 Å². The molecule has 1 aromatic heterocycles. The fourth-order valence-corrected chi connectivity index (χ4v) is 5.35. The van der Waals surface area contributed by atoms with Crippen LogP contribution >= 0.6 is 0 Å². The van der Waals surface area contributed by atoms with Crippen LogP contribution in [0.1, 0.15) is 84.7 Å². The van der Waals surface area contributed by atoms with Gasteiger partial charge >= 0.3 is 11.9 Å². The van der Waals surface area contributed by atoms with E-state index in [0.717, 1.165) is 47.7 Å². The SMILES string of the molecule is COC(=O)CCc1cn(Cc2ccc(C(=O)OC(C)(C)C)cc2OC)c2cc(C(=O)N(C)C3CCCC3)ccc12. The number of nitrogens with zero attached hydrogens (tertiary/aromatic N) is 2. The Kier molecular flexibility index (Phi) is 8.86. The summed E-state index contributed by atoms with van der Waals surface area (Å²) in [6.07, 6.45) is 7.18. The van der Waals surface area contributed by atoms with Gasteiger partial charge in [-0.25, -0.2) is 4.79 Å². The molecule has 0 radical (unpaired) electrons. The van der Waals surface area contributed by atoms with Gasteiger partial charge in [-0.05, 0) is 69.9 Å². The van der Waals surface area contributed by atoms with Crippen LogP contribution in [0.25, 0.3) is 10.9 Å². The minimum absolute atomic E-state index is 0.0111. The molecule has 8 heteroatoms. The van der Waals surface area contributed by atoms with Crippen molar-refractivity contribution in [2.24, 2.45) is 0 Å². The molecule has 8 nitrogen and oxygen atoms in total. The van der Waals surface area contributed by atoms with Gasteiger partial charge < -0.3 is 23.7 Å². The highest BCUT2D eigenvalue weighted by Crippen LogP contribution is 2.30. The first-order valence-corrected chi connectivity index (χ1v) is 13.9. The number of hydrogen-bond acceptors (Lipinski definition) is 6. The third kappa shape index (κ3) is 6.66. The molecule has 0 bridgehead atoms. The summed E-state index contributed by atoms with van der Waals surface area (Å²) in [5, 5.41) is 0.980. The van der Waals surface area contributed by atoms with Crippen LogP contribution in [0.2, 0.25) is 0 Å². The van der Waals surface area contributed by atoms with Crippen LogP contribution in [-0.4, -0.2) is 60.2 Å². The summed E-state index contributed by atoms with van der Waals surface area (Å²) in [6, 6.07) is 11.3. The first-order valence-electron chi connectivity index (χ1n) is 13.9. The molecular weight excluding hydrogens is 508 g/mol. The van der Waals surface area contributed by atoms with Gasteiger partial charge in [-0.1, -0.05) is 25.0 Å². The number of aryl methyl sites for hydroxylation is 1. The lowest BCUT2D eigenvalue weighted by Gasteiger charge is -2.24. The molecule has 1 fully saturated rings. The van der Waals surface area contributed by atoms with Crippen molar-refractivity contribution in [1.29, 1.82) is 0 Å². The molecule has 214 valence electrons. The molecule has 0 aliphatic heterocycles. The van der Waals surface area contributed by atoms with E-state index in [1.807, 2.05) is 63.2 Å². The van der Waals surface area contributed by atoms with Crippen LogP contribution in [0.15, 0.2) is 42.6 Å². The molecule has 1 heterocycles. The van der Waals surface area contributed by atoms with Crippen molar-refractivity contribution in [2.75, 3.05) is 21.3 Å². The van der Waals surface area contributed by atoms with Crippen molar-refractivity contribution in [3.63, 3.8) is 0 Å². The van der Waals surface area contributed by atoms with E-state index in [-0.39, 0.29) is 24.3 Å². The van der Waals surface area contributed by atoms with Gasteiger partial charge in [0.15, 0.2) is 0 Å². The summed E-state index contributed by atoms with van der Waals surface area (Å²) in [7, 11) is 4.85. The molecule has 1 saturated carbocycles. The zero-order valence-corrected chi connectivity index (χ0v) is 24.4. The predicted octanol–water partition coefficient (Wildman–Crippen LogP) is 5.77. The van der Waals surface area contributed by atoms with E-state index < -0.39 is 11.6 Å². The molecule has 0 saturated heterocycles. The number of fused-ring (bicyclic) bond motifs is 1. The Balaban J connectivity index is 1.69. The van der Waals surface area contributed by atoms with Gasteiger partial charge in [-0.15, -0.1) is 0 Å². The number of esters is 2. The number of carbonyl (C=O) groups is 3. The fraction of sp³-hybridized carbons (Fsp3) is 0.469. The molecule has 0 N–H and O–H groups in total. The third-order valence-corrected chi connectivity index (χ3v) is 7.49. The quantitative estimate of drug-likeness (QED) is 0.315. The molecular formula is C32H40N2O6. The minimum Gasteiger partial charge on any atom is -0.496 e. The number of aromatic nitrogens is 1. The molecule has 2 aromatic carbocycles. The average Bonchev–Trinajstić information content (AvgIpc) is 3.58. The first kappa shape index (κ1) is 29.2.